The molecule has 2 aromatic rings. The third-order valence-corrected chi connectivity index (χ3v) is 5.20. The molecule has 1 aliphatic heterocycles. The Balaban J connectivity index is 1.71. The van der Waals surface area contributed by atoms with Gasteiger partial charge in [-0.05, 0) is 68.2 Å². The molecule has 2 aromatic carbocycles. The minimum absolute atomic E-state index is 0.261. The zero-order valence-electron chi connectivity index (χ0n) is 17.4. The van der Waals surface area contributed by atoms with E-state index in [-0.39, 0.29) is 11.8 Å². The lowest BCUT2D eigenvalue weighted by molar-refractivity contribution is 0.245. The van der Waals surface area contributed by atoms with Gasteiger partial charge in [0, 0.05) is 13.1 Å². The standard InChI is InChI=1S/C23H32N4O2/c1-3-24-23(25-16-18-8-6-10-20(28)14-18)26-17-22(27-12-4-5-13-27)19-9-7-11-21(15-19)29-2/h6-11,14-15,22,28H,3-5,12-13,16-17H2,1-2H3,(H2,24,25,26). The van der Waals surface area contributed by atoms with Gasteiger partial charge >= 0.3 is 0 Å². The van der Waals surface area contributed by atoms with Crippen molar-refractivity contribution in [2.75, 3.05) is 33.3 Å². The second kappa shape index (κ2) is 10.7. The van der Waals surface area contributed by atoms with Gasteiger partial charge in [0.2, 0.25) is 0 Å². The fourth-order valence-corrected chi connectivity index (χ4v) is 3.72. The third kappa shape index (κ3) is 6.12. The van der Waals surface area contributed by atoms with Crippen LogP contribution in [0.4, 0.5) is 0 Å². The third-order valence-electron chi connectivity index (χ3n) is 5.20. The summed E-state index contributed by atoms with van der Waals surface area (Å²) in [6, 6.07) is 15.8. The molecule has 1 unspecified atom stereocenters. The van der Waals surface area contributed by atoms with Gasteiger partial charge in [0.05, 0.1) is 19.7 Å². The number of benzene rings is 2. The number of nitrogens with one attached hydrogen (secondary N) is 2. The molecule has 0 spiro atoms. The van der Waals surface area contributed by atoms with Crippen molar-refractivity contribution in [2.24, 2.45) is 4.99 Å². The first-order valence-corrected chi connectivity index (χ1v) is 10.4. The van der Waals surface area contributed by atoms with Gasteiger partial charge in [0.25, 0.3) is 0 Å². The average molecular weight is 397 g/mol. The Labute approximate surface area is 173 Å². The van der Waals surface area contributed by atoms with E-state index in [2.05, 4.69) is 40.7 Å². The molecule has 1 aliphatic rings. The van der Waals surface area contributed by atoms with Crippen molar-refractivity contribution < 1.29 is 9.84 Å². The van der Waals surface area contributed by atoms with Crippen LogP contribution >= 0.6 is 0 Å². The van der Waals surface area contributed by atoms with Crippen LogP contribution in [0, 0.1) is 0 Å². The molecule has 3 N–H and O–H groups in total. The molecule has 1 fully saturated rings. The Morgan fingerprint density at radius 2 is 1.93 bits per heavy atom. The highest BCUT2D eigenvalue weighted by Crippen LogP contribution is 2.27. The molecule has 0 aromatic heterocycles. The number of aliphatic imine (C=N–C) groups is 1. The summed E-state index contributed by atoms with van der Waals surface area (Å²) in [5.74, 6) is 1.93. The van der Waals surface area contributed by atoms with Crippen molar-refractivity contribution in [3.8, 4) is 11.5 Å². The normalized spacial score (nSPS) is 15.9. The summed E-state index contributed by atoms with van der Waals surface area (Å²) in [6.07, 6.45) is 2.48. The Morgan fingerprint density at radius 3 is 2.66 bits per heavy atom. The number of phenols is 1. The van der Waals surface area contributed by atoms with E-state index in [0.717, 1.165) is 43.5 Å². The van der Waals surface area contributed by atoms with Crippen LogP contribution in [0.2, 0.25) is 0 Å². The van der Waals surface area contributed by atoms with Crippen molar-refractivity contribution in [1.82, 2.24) is 15.5 Å². The molecular formula is C23H32N4O2. The van der Waals surface area contributed by atoms with Gasteiger partial charge in [0.15, 0.2) is 5.96 Å². The van der Waals surface area contributed by atoms with E-state index < -0.39 is 0 Å². The first-order valence-electron chi connectivity index (χ1n) is 10.4. The van der Waals surface area contributed by atoms with Crippen LogP contribution in [0.3, 0.4) is 0 Å². The van der Waals surface area contributed by atoms with Crippen molar-refractivity contribution in [3.05, 3.63) is 59.7 Å². The first kappa shape index (κ1) is 21.0. The summed E-state index contributed by atoms with van der Waals surface area (Å²) < 4.78 is 5.43. The van der Waals surface area contributed by atoms with E-state index in [1.54, 1.807) is 19.2 Å². The highest BCUT2D eigenvalue weighted by Gasteiger charge is 2.24. The Bertz CT molecular complexity index is 803. The Kier molecular flexibility index (Phi) is 7.76. The molecule has 1 atom stereocenters. The van der Waals surface area contributed by atoms with Crippen molar-refractivity contribution in [1.29, 1.82) is 0 Å². The van der Waals surface area contributed by atoms with Gasteiger partial charge in [-0.15, -0.1) is 0 Å². The summed E-state index contributed by atoms with van der Waals surface area (Å²) in [5.41, 5.74) is 2.23. The fourth-order valence-electron chi connectivity index (χ4n) is 3.72. The van der Waals surface area contributed by atoms with Gasteiger partial charge in [-0.1, -0.05) is 24.3 Å². The van der Waals surface area contributed by atoms with Crippen molar-refractivity contribution in [2.45, 2.75) is 32.4 Å². The molecule has 0 aliphatic carbocycles. The summed E-state index contributed by atoms with van der Waals surface area (Å²) in [5, 5.41) is 16.5. The topological polar surface area (TPSA) is 69.1 Å². The molecule has 29 heavy (non-hydrogen) atoms. The van der Waals surface area contributed by atoms with Crippen LogP contribution in [0.1, 0.15) is 36.9 Å². The van der Waals surface area contributed by atoms with Crippen LogP contribution < -0.4 is 15.4 Å². The number of likely N-dealkylation sites (tertiary alicyclic amines) is 1. The van der Waals surface area contributed by atoms with E-state index in [9.17, 15) is 5.11 Å². The molecule has 0 radical (unpaired) electrons. The number of phenolic OH excluding ortho intramolecular Hbond substituents is 1. The Morgan fingerprint density at radius 1 is 1.14 bits per heavy atom. The van der Waals surface area contributed by atoms with E-state index in [4.69, 9.17) is 9.73 Å². The number of guanidine groups is 1. The van der Waals surface area contributed by atoms with Gasteiger partial charge < -0.3 is 20.5 Å². The molecule has 1 heterocycles. The second-order valence-corrected chi connectivity index (χ2v) is 7.28. The molecule has 1 saturated heterocycles. The summed E-state index contributed by atoms with van der Waals surface area (Å²) in [4.78, 5) is 7.22. The van der Waals surface area contributed by atoms with E-state index in [1.807, 2.05) is 18.2 Å². The fraction of sp³-hybridized carbons (Fsp3) is 0.435. The highest BCUT2D eigenvalue weighted by molar-refractivity contribution is 5.79. The lowest BCUT2D eigenvalue weighted by Crippen LogP contribution is -2.42. The smallest absolute Gasteiger partial charge is 0.191 e. The predicted octanol–water partition coefficient (Wildman–Crippen LogP) is 3.29. The van der Waals surface area contributed by atoms with Crippen LogP contribution in [0.15, 0.2) is 53.5 Å². The molecular weight excluding hydrogens is 364 g/mol. The molecule has 6 nitrogen and oxygen atoms in total. The molecule has 0 saturated carbocycles. The highest BCUT2D eigenvalue weighted by atomic mass is 16.5. The maximum atomic E-state index is 9.65. The second-order valence-electron chi connectivity index (χ2n) is 7.28. The van der Waals surface area contributed by atoms with Gasteiger partial charge in [-0.3, -0.25) is 4.90 Å². The predicted molar refractivity (Wildman–Crippen MR) is 117 cm³/mol. The SMILES string of the molecule is CCNC(=NCc1cccc(O)c1)NCC(c1cccc(OC)c1)N1CCCC1. The maximum Gasteiger partial charge on any atom is 0.191 e. The molecule has 0 amide bonds. The lowest BCUT2D eigenvalue weighted by atomic mass is 10.1. The number of hydrogen-bond donors (Lipinski definition) is 3. The molecule has 6 heteroatoms. The largest absolute Gasteiger partial charge is 0.508 e. The minimum Gasteiger partial charge on any atom is -0.508 e. The maximum absolute atomic E-state index is 9.65. The molecule has 156 valence electrons. The number of aromatic hydroxyl groups is 1. The van der Waals surface area contributed by atoms with Crippen molar-refractivity contribution in [3.63, 3.8) is 0 Å². The van der Waals surface area contributed by atoms with Gasteiger partial charge in [-0.2, -0.15) is 0 Å². The van der Waals surface area contributed by atoms with Crippen LogP contribution in [0.25, 0.3) is 0 Å². The molecule has 0 bridgehead atoms. The van der Waals surface area contributed by atoms with E-state index >= 15 is 0 Å². The minimum atomic E-state index is 0.261. The summed E-state index contributed by atoms with van der Waals surface area (Å²) >= 11 is 0. The number of hydrogen-bond acceptors (Lipinski definition) is 4. The monoisotopic (exact) mass is 396 g/mol. The van der Waals surface area contributed by atoms with Gasteiger partial charge in [-0.25, -0.2) is 4.99 Å². The van der Waals surface area contributed by atoms with Crippen LogP contribution in [-0.2, 0) is 6.54 Å². The zero-order valence-corrected chi connectivity index (χ0v) is 17.4. The summed E-state index contributed by atoms with van der Waals surface area (Å²) in [6.45, 7) is 6.35. The number of rotatable bonds is 8. The Hall–Kier alpha value is -2.73. The van der Waals surface area contributed by atoms with Crippen LogP contribution in [-0.4, -0.2) is 49.3 Å². The van der Waals surface area contributed by atoms with E-state index in [0.29, 0.717) is 6.54 Å². The summed E-state index contributed by atoms with van der Waals surface area (Å²) in [7, 11) is 1.71. The quantitative estimate of drug-likeness (QED) is 0.472. The average Bonchev–Trinajstić information content (AvgIpc) is 3.27. The van der Waals surface area contributed by atoms with Gasteiger partial charge in [0.1, 0.15) is 11.5 Å². The number of methoxy groups -OCH3 is 1. The number of nitrogens with zero attached hydrogens (tertiary/aromatic N) is 2. The number of ether oxygens (including phenoxy) is 1. The lowest BCUT2D eigenvalue weighted by Gasteiger charge is -2.29. The van der Waals surface area contributed by atoms with Crippen LogP contribution in [0.5, 0.6) is 11.5 Å². The van der Waals surface area contributed by atoms with Crippen molar-refractivity contribution >= 4 is 5.96 Å². The zero-order chi connectivity index (χ0) is 20.5. The molecule has 3 rings (SSSR count). The van der Waals surface area contributed by atoms with E-state index in [1.165, 1.54) is 18.4 Å². The first-order chi connectivity index (χ1) is 14.2.